The van der Waals surface area contributed by atoms with Gasteiger partial charge in [-0.2, -0.15) is 0 Å². The molecule has 0 saturated heterocycles. The summed E-state index contributed by atoms with van der Waals surface area (Å²) in [4.78, 5) is 1.34. The third-order valence-electron chi connectivity index (χ3n) is 2.98. The lowest BCUT2D eigenvalue weighted by molar-refractivity contribution is 0.246. The summed E-state index contributed by atoms with van der Waals surface area (Å²) in [6.45, 7) is 2.18. The number of benzene rings is 1. The zero-order chi connectivity index (χ0) is 10.8. The normalized spacial score (nSPS) is 22.2. The van der Waals surface area contributed by atoms with Crippen molar-refractivity contribution in [3.63, 3.8) is 0 Å². The van der Waals surface area contributed by atoms with Gasteiger partial charge in [-0.1, -0.05) is 17.7 Å². The molecule has 1 aliphatic heterocycles. The predicted molar refractivity (Wildman–Crippen MR) is 64.3 cm³/mol. The minimum absolute atomic E-state index is 0.0721. The number of hydrogen-bond acceptors (Lipinski definition) is 3. The Hall–Kier alpha value is -0.510. The van der Waals surface area contributed by atoms with E-state index in [1.165, 1.54) is 16.0 Å². The van der Waals surface area contributed by atoms with E-state index in [0.717, 1.165) is 12.2 Å². The van der Waals surface area contributed by atoms with E-state index >= 15 is 0 Å². The molecule has 0 aliphatic carbocycles. The van der Waals surface area contributed by atoms with Gasteiger partial charge >= 0.3 is 0 Å². The summed E-state index contributed by atoms with van der Waals surface area (Å²) in [5.74, 6) is 1.43. The molecule has 2 unspecified atom stereocenters. The Morgan fingerprint density at radius 3 is 3.13 bits per heavy atom. The first kappa shape index (κ1) is 11.0. The second kappa shape index (κ2) is 4.56. The number of aryl methyl sites for hydroxylation is 1. The number of hydrogen-bond donors (Lipinski definition) is 2. The molecule has 1 aromatic rings. The summed E-state index contributed by atoms with van der Waals surface area (Å²) in [5, 5.41) is 9.14. The largest absolute Gasteiger partial charge is 0.395 e. The average molecular weight is 223 g/mol. The summed E-state index contributed by atoms with van der Waals surface area (Å²) in [5.41, 5.74) is 8.55. The molecule has 0 aromatic heterocycles. The molecule has 2 nitrogen and oxygen atoms in total. The lowest BCUT2D eigenvalue weighted by atomic mass is 9.89. The Balaban J connectivity index is 2.34. The van der Waals surface area contributed by atoms with Gasteiger partial charge in [0.1, 0.15) is 0 Å². The van der Waals surface area contributed by atoms with E-state index in [9.17, 15) is 0 Å². The number of thioether (sulfide) groups is 1. The van der Waals surface area contributed by atoms with Crippen LogP contribution in [0.5, 0.6) is 0 Å². The van der Waals surface area contributed by atoms with Crippen LogP contribution in [0.3, 0.4) is 0 Å². The highest BCUT2D eigenvalue weighted by molar-refractivity contribution is 7.99. The molecule has 1 aliphatic rings. The van der Waals surface area contributed by atoms with Crippen molar-refractivity contribution in [3.8, 4) is 0 Å². The van der Waals surface area contributed by atoms with Crippen LogP contribution in [0.1, 0.15) is 23.5 Å². The summed E-state index contributed by atoms with van der Waals surface area (Å²) >= 11 is 1.90. The van der Waals surface area contributed by atoms with Crippen molar-refractivity contribution in [2.24, 2.45) is 5.73 Å². The van der Waals surface area contributed by atoms with Crippen LogP contribution in [0.4, 0.5) is 0 Å². The molecule has 3 heteroatoms. The second-order valence-electron chi connectivity index (χ2n) is 4.13. The van der Waals surface area contributed by atoms with Crippen molar-refractivity contribution < 1.29 is 5.11 Å². The van der Waals surface area contributed by atoms with Crippen LogP contribution in [-0.4, -0.2) is 23.5 Å². The summed E-state index contributed by atoms with van der Waals surface area (Å²) in [6, 6.07) is 6.39. The monoisotopic (exact) mass is 223 g/mol. The van der Waals surface area contributed by atoms with Crippen LogP contribution in [0.2, 0.25) is 0 Å². The highest BCUT2D eigenvalue weighted by Gasteiger charge is 2.25. The van der Waals surface area contributed by atoms with E-state index in [4.69, 9.17) is 10.8 Å². The number of rotatable bonds is 2. The predicted octanol–water partition coefficient (Wildman–Crippen LogP) is 1.89. The summed E-state index contributed by atoms with van der Waals surface area (Å²) < 4.78 is 0. The Morgan fingerprint density at radius 1 is 1.60 bits per heavy atom. The minimum Gasteiger partial charge on any atom is -0.395 e. The molecular formula is C12H17NOS. The Morgan fingerprint density at radius 2 is 2.40 bits per heavy atom. The molecule has 0 fully saturated rings. The molecule has 82 valence electrons. The SMILES string of the molecule is Cc1ccc2c(c1)SCCC2C(N)CO. The fourth-order valence-electron chi connectivity index (χ4n) is 2.10. The number of fused-ring (bicyclic) bond motifs is 1. The van der Waals surface area contributed by atoms with Crippen molar-refractivity contribution in [3.05, 3.63) is 29.3 Å². The quantitative estimate of drug-likeness (QED) is 0.805. The van der Waals surface area contributed by atoms with Gasteiger partial charge in [0.05, 0.1) is 6.61 Å². The van der Waals surface area contributed by atoms with Gasteiger partial charge in [0.2, 0.25) is 0 Å². The fourth-order valence-corrected chi connectivity index (χ4v) is 3.34. The first-order chi connectivity index (χ1) is 7.22. The maximum Gasteiger partial charge on any atom is 0.0588 e. The Labute approximate surface area is 94.9 Å². The smallest absolute Gasteiger partial charge is 0.0588 e. The molecule has 15 heavy (non-hydrogen) atoms. The van der Waals surface area contributed by atoms with Crippen LogP contribution in [-0.2, 0) is 0 Å². The Bertz CT molecular complexity index is 353. The zero-order valence-corrected chi connectivity index (χ0v) is 9.76. The molecule has 0 radical (unpaired) electrons. The van der Waals surface area contributed by atoms with Crippen LogP contribution in [0.25, 0.3) is 0 Å². The molecule has 0 saturated carbocycles. The molecule has 1 aromatic carbocycles. The van der Waals surface area contributed by atoms with Gasteiger partial charge in [0.15, 0.2) is 0 Å². The summed E-state index contributed by atoms with van der Waals surface area (Å²) in [6.07, 6.45) is 1.07. The van der Waals surface area contributed by atoms with E-state index in [1.807, 2.05) is 11.8 Å². The Kier molecular flexibility index (Phi) is 3.34. The molecule has 2 rings (SSSR count). The van der Waals surface area contributed by atoms with Crippen LogP contribution >= 0.6 is 11.8 Å². The molecule has 2 atom stereocenters. The molecular weight excluding hydrogens is 206 g/mol. The van der Waals surface area contributed by atoms with Gasteiger partial charge < -0.3 is 10.8 Å². The van der Waals surface area contributed by atoms with Crippen molar-refractivity contribution >= 4 is 11.8 Å². The van der Waals surface area contributed by atoms with Gasteiger partial charge in [-0.15, -0.1) is 11.8 Å². The van der Waals surface area contributed by atoms with E-state index in [1.54, 1.807) is 0 Å². The molecule has 1 heterocycles. The molecule has 0 spiro atoms. The number of aliphatic hydroxyl groups excluding tert-OH is 1. The van der Waals surface area contributed by atoms with E-state index in [-0.39, 0.29) is 12.6 Å². The van der Waals surface area contributed by atoms with Crippen molar-refractivity contribution in [1.82, 2.24) is 0 Å². The number of nitrogens with two attached hydrogens (primary N) is 1. The highest BCUT2D eigenvalue weighted by Crippen LogP contribution is 2.39. The standard InChI is InChI=1S/C12H17NOS/c1-8-2-3-10-9(11(13)7-14)4-5-15-12(10)6-8/h2-3,6,9,11,14H,4-5,7,13H2,1H3. The molecule has 3 N–H and O–H groups in total. The third kappa shape index (κ3) is 2.19. The van der Waals surface area contributed by atoms with E-state index in [0.29, 0.717) is 5.92 Å². The third-order valence-corrected chi connectivity index (χ3v) is 4.09. The van der Waals surface area contributed by atoms with Crippen LogP contribution < -0.4 is 5.73 Å². The van der Waals surface area contributed by atoms with Crippen molar-refractivity contribution in [2.75, 3.05) is 12.4 Å². The topological polar surface area (TPSA) is 46.2 Å². The van der Waals surface area contributed by atoms with Gasteiger partial charge in [0, 0.05) is 16.9 Å². The van der Waals surface area contributed by atoms with E-state index < -0.39 is 0 Å². The maximum absolute atomic E-state index is 9.14. The van der Waals surface area contributed by atoms with Crippen LogP contribution in [0.15, 0.2) is 23.1 Å². The van der Waals surface area contributed by atoms with Crippen molar-refractivity contribution in [1.29, 1.82) is 0 Å². The second-order valence-corrected chi connectivity index (χ2v) is 5.27. The first-order valence-corrected chi connectivity index (χ1v) is 6.30. The zero-order valence-electron chi connectivity index (χ0n) is 8.94. The van der Waals surface area contributed by atoms with Gasteiger partial charge in [0.25, 0.3) is 0 Å². The van der Waals surface area contributed by atoms with Crippen molar-refractivity contribution in [2.45, 2.75) is 30.2 Å². The van der Waals surface area contributed by atoms with Gasteiger partial charge in [-0.25, -0.2) is 0 Å². The average Bonchev–Trinajstić information content (AvgIpc) is 2.26. The van der Waals surface area contributed by atoms with Gasteiger partial charge in [-0.3, -0.25) is 0 Å². The van der Waals surface area contributed by atoms with Gasteiger partial charge in [-0.05, 0) is 30.7 Å². The molecule has 0 bridgehead atoms. The number of aliphatic hydroxyl groups is 1. The lowest BCUT2D eigenvalue weighted by Crippen LogP contribution is -2.33. The lowest BCUT2D eigenvalue weighted by Gasteiger charge is -2.29. The fraction of sp³-hybridized carbons (Fsp3) is 0.500. The van der Waals surface area contributed by atoms with Crippen LogP contribution in [0, 0.1) is 6.92 Å². The summed E-state index contributed by atoms with van der Waals surface area (Å²) in [7, 11) is 0. The maximum atomic E-state index is 9.14. The minimum atomic E-state index is -0.118. The highest BCUT2D eigenvalue weighted by atomic mass is 32.2. The van der Waals surface area contributed by atoms with E-state index in [2.05, 4.69) is 25.1 Å². The molecule has 0 amide bonds. The first-order valence-electron chi connectivity index (χ1n) is 5.32.